The molecule has 0 saturated heterocycles. The standard InChI is InChI=1S/C14H23NO2/c1-11-10-13(12(2)16)6-7-14(11)17-9-5-8-15(3)4/h6-7,10,12,16H,5,8-9H2,1-4H3/t12-/m0/s1. The molecule has 0 unspecified atom stereocenters. The van der Waals surface area contributed by atoms with E-state index in [2.05, 4.69) is 19.0 Å². The third kappa shape index (κ3) is 4.75. The Kier molecular flexibility index (Phi) is 5.45. The van der Waals surface area contributed by atoms with Crippen LogP contribution in [0.3, 0.4) is 0 Å². The summed E-state index contributed by atoms with van der Waals surface area (Å²) in [5.74, 6) is 0.910. The van der Waals surface area contributed by atoms with E-state index in [1.165, 1.54) is 0 Å². The first kappa shape index (κ1) is 14.0. The third-order valence-corrected chi connectivity index (χ3v) is 2.69. The summed E-state index contributed by atoms with van der Waals surface area (Å²) in [4.78, 5) is 2.15. The van der Waals surface area contributed by atoms with Gasteiger partial charge in [0, 0.05) is 6.54 Å². The van der Waals surface area contributed by atoms with Gasteiger partial charge in [0.15, 0.2) is 0 Å². The predicted octanol–water partition coefficient (Wildman–Crippen LogP) is 2.38. The van der Waals surface area contributed by atoms with Crippen LogP contribution in [0.25, 0.3) is 0 Å². The second-order valence-electron chi connectivity index (χ2n) is 4.71. The molecule has 96 valence electrons. The highest BCUT2D eigenvalue weighted by Crippen LogP contribution is 2.22. The fourth-order valence-corrected chi connectivity index (χ4v) is 1.66. The van der Waals surface area contributed by atoms with Gasteiger partial charge >= 0.3 is 0 Å². The second kappa shape index (κ2) is 6.62. The molecule has 0 bridgehead atoms. The summed E-state index contributed by atoms with van der Waals surface area (Å²) in [7, 11) is 4.12. The summed E-state index contributed by atoms with van der Waals surface area (Å²) in [6.45, 7) is 5.54. The highest BCUT2D eigenvalue weighted by molar-refractivity contribution is 5.36. The number of nitrogens with zero attached hydrogens (tertiary/aromatic N) is 1. The number of aryl methyl sites for hydroxylation is 1. The number of benzene rings is 1. The maximum Gasteiger partial charge on any atom is 0.122 e. The lowest BCUT2D eigenvalue weighted by molar-refractivity contribution is 0.199. The Morgan fingerprint density at radius 2 is 2.06 bits per heavy atom. The van der Waals surface area contributed by atoms with E-state index >= 15 is 0 Å². The Morgan fingerprint density at radius 1 is 1.35 bits per heavy atom. The molecular weight excluding hydrogens is 214 g/mol. The van der Waals surface area contributed by atoms with Crippen molar-refractivity contribution in [2.24, 2.45) is 0 Å². The Morgan fingerprint density at radius 3 is 2.59 bits per heavy atom. The lowest BCUT2D eigenvalue weighted by Crippen LogP contribution is -2.15. The fraction of sp³-hybridized carbons (Fsp3) is 0.571. The fourth-order valence-electron chi connectivity index (χ4n) is 1.66. The van der Waals surface area contributed by atoms with Crippen LogP contribution < -0.4 is 4.74 Å². The van der Waals surface area contributed by atoms with Crippen LogP contribution in [-0.4, -0.2) is 37.3 Å². The quantitative estimate of drug-likeness (QED) is 0.771. The second-order valence-corrected chi connectivity index (χ2v) is 4.71. The molecule has 0 amide bonds. The maximum absolute atomic E-state index is 9.47. The summed E-state index contributed by atoms with van der Waals surface area (Å²) in [5, 5.41) is 9.47. The summed E-state index contributed by atoms with van der Waals surface area (Å²) in [5.41, 5.74) is 2.01. The van der Waals surface area contributed by atoms with E-state index in [1.807, 2.05) is 25.1 Å². The zero-order valence-corrected chi connectivity index (χ0v) is 11.2. The molecule has 3 nitrogen and oxygen atoms in total. The minimum Gasteiger partial charge on any atom is -0.493 e. The molecule has 0 aromatic heterocycles. The molecule has 1 N–H and O–H groups in total. The number of aliphatic hydroxyl groups is 1. The van der Waals surface area contributed by atoms with Gasteiger partial charge in [-0.25, -0.2) is 0 Å². The molecule has 1 aromatic rings. The van der Waals surface area contributed by atoms with Crippen molar-refractivity contribution in [3.05, 3.63) is 29.3 Å². The highest BCUT2D eigenvalue weighted by Gasteiger charge is 2.05. The highest BCUT2D eigenvalue weighted by atomic mass is 16.5. The van der Waals surface area contributed by atoms with Crippen molar-refractivity contribution in [1.29, 1.82) is 0 Å². The van der Waals surface area contributed by atoms with E-state index in [0.717, 1.165) is 36.4 Å². The lowest BCUT2D eigenvalue weighted by Gasteiger charge is -2.13. The van der Waals surface area contributed by atoms with Crippen LogP contribution in [0.5, 0.6) is 5.75 Å². The van der Waals surface area contributed by atoms with Crippen LogP contribution in [0.2, 0.25) is 0 Å². The number of ether oxygens (including phenoxy) is 1. The Bertz CT molecular complexity index is 348. The van der Waals surface area contributed by atoms with Gasteiger partial charge in [0.1, 0.15) is 5.75 Å². The smallest absolute Gasteiger partial charge is 0.122 e. The van der Waals surface area contributed by atoms with Crippen LogP contribution in [0.4, 0.5) is 0 Å². The van der Waals surface area contributed by atoms with Crippen LogP contribution >= 0.6 is 0 Å². The summed E-state index contributed by atoms with van der Waals surface area (Å²) in [6, 6.07) is 5.83. The third-order valence-electron chi connectivity index (χ3n) is 2.69. The molecule has 0 radical (unpaired) electrons. The number of hydrogen-bond donors (Lipinski definition) is 1. The van der Waals surface area contributed by atoms with Crippen molar-refractivity contribution in [3.63, 3.8) is 0 Å². The van der Waals surface area contributed by atoms with E-state index in [4.69, 9.17) is 4.74 Å². The van der Waals surface area contributed by atoms with Crippen molar-refractivity contribution in [3.8, 4) is 5.75 Å². The molecule has 0 aliphatic heterocycles. The van der Waals surface area contributed by atoms with E-state index < -0.39 is 6.10 Å². The average Bonchev–Trinajstić information content (AvgIpc) is 2.25. The minimum absolute atomic E-state index is 0.420. The molecule has 0 heterocycles. The number of aliphatic hydroxyl groups excluding tert-OH is 1. The molecule has 1 rings (SSSR count). The molecule has 0 aliphatic rings. The van der Waals surface area contributed by atoms with Gasteiger partial charge in [-0.05, 0) is 57.6 Å². The van der Waals surface area contributed by atoms with Crippen LogP contribution in [0.1, 0.15) is 30.6 Å². The first-order valence-corrected chi connectivity index (χ1v) is 6.07. The van der Waals surface area contributed by atoms with Crippen molar-refractivity contribution >= 4 is 0 Å². The van der Waals surface area contributed by atoms with Gasteiger partial charge in [-0.15, -0.1) is 0 Å². The number of rotatable bonds is 6. The molecule has 0 fully saturated rings. The summed E-state index contributed by atoms with van der Waals surface area (Å²) < 4.78 is 5.71. The van der Waals surface area contributed by atoms with Crippen LogP contribution in [0, 0.1) is 6.92 Å². The number of hydrogen-bond acceptors (Lipinski definition) is 3. The normalized spacial score (nSPS) is 12.8. The van der Waals surface area contributed by atoms with Gasteiger partial charge in [-0.1, -0.05) is 6.07 Å². The summed E-state index contributed by atoms with van der Waals surface area (Å²) >= 11 is 0. The lowest BCUT2D eigenvalue weighted by atomic mass is 10.1. The van der Waals surface area contributed by atoms with E-state index in [1.54, 1.807) is 6.92 Å². The minimum atomic E-state index is -0.420. The average molecular weight is 237 g/mol. The van der Waals surface area contributed by atoms with Gasteiger partial charge in [0.05, 0.1) is 12.7 Å². The Balaban J connectivity index is 2.49. The first-order chi connectivity index (χ1) is 8.00. The first-order valence-electron chi connectivity index (χ1n) is 6.07. The molecule has 0 aliphatic carbocycles. The molecule has 1 aromatic carbocycles. The molecule has 0 saturated carbocycles. The summed E-state index contributed by atoms with van der Waals surface area (Å²) in [6.07, 6.45) is 0.599. The van der Waals surface area contributed by atoms with Gasteiger partial charge in [-0.3, -0.25) is 0 Å². The largest absolute Gasteiger partial charge is 0.493 e. The molecular formula is C14H23NO2. The van der Waals surface area contributed by atoms with Gasteiger partial charge in [0.25, 0.3) is 0 Å². The van der Waals surface area contributed by atoms with Crippen molar-refractivity contribution in [2.75, 3.05) is 27.2 Å². The Labute approximate surface area is 104 Å². The zero-order chi connectivity index (χ0) is 12.8. The molecule has 0 spiro atoms. The van der Waals surface area contributed by atoms with Gasteiger partial charge < -0.3 is 14.7 Å². The maximum atomic E-state index is 9.47. The molecule has 3 heteroatoms. The zero-order valence-electron chi connectivity index (χ0n) is 11.2. The van der Waals surface area contributed by atoms with Crippen molar-refractivity contribution in [2.45, 2.75) is 26.4 Å². The molecule has 17 heavy (non-hydrogen) atoms. The van der Waals surface area contributed by atoms with Gasteiger partial charge in [0.2, 0.25) is 0 Å². The van der Waals surface area contributed by atoms with Gasteiger partial charge in [-0.2, -0.15) is 0 Å². The van der Waals surface area contributed by atoms with E-state index in [-0.39, 0.29) is 0 Å². The van der Waals surface area contributed by atoms with Crippen LogP contribution in [0.15, 0.2) is 18.2 Å². The van der Waals surface area contributed by atoms with E-state index in [0.29, 0.717) is 0 Å². The van der Waals surface area contributed by atoms with Crippen LogP contribution in [-0.2, 0) is 0 Å². The Hall–Kier alpha value is -1.06. The topological polar surface area (TPSA) is 32.7 Å². The van der Waals surface area contributed by atoms with E-state index in [9.17, 15) is 5.11 Å². The molecule has 1 atom stereocenters. The predicted molar refractivity (Wildman–Crippen MR) is 70.5 cm³/mol. The monoisotopic (exact) mass is 237 g/mol. The SMILES string of the molecule is Cc1cc([C@H](C)O)ccc1OCCCN(C)C. The van der Waals surface area contributed by atoms with Crippen molar-refractivity contribution in [1.82, 2.24) is 4.90 Å². The van der Waals surface area contributed by atoms with Crippen molar-refractivity contribution < 1.29 is 9.84 Å².